The molecule has 1 aromatic heterocycles. The minimum absolute atomic E-state index is 0.297. The van der Waals surface area contributed by atoms with Crippen LogP contribution in [-0.4, -0.2) is 17.1 Å². The third kappa shape index (κ3) is 3.14. The molecule has 2 aromatic rings. The lowest BCUT2D eigenvalue weighted by molar-refractivity contribution is -0.112. The van der Waals surface area contributed by atoms with Crippen molar-refractivity contribution in [1.82, 2.24) is 4.98 Å². The molecule has 1 aliphatic rings. The third-order valence-electron chi connectivity index (χ3n) is 3.36. The zero-order valence-corrected chi connectivity index (χ0v) is 12.9. The Labute approximate surface area is 131 Å². The number of hydrogen-bond acceptors (Lipinski definition) is 3. The summed E-state index contributed by atoms with van der Waals surface area (Å²) in [5.41, 5.74) is 2.38. The van der Waals surface area contributed by atoms with E-state index in [-0.39, 0.29) is 5.91 Å². The van der Waals surface area contributed by atoms with Crippen LogP contribution >= 0.6 is 11.3 Å². The van der Waals surface area contributed by atoms with Crippen LogP contribution in [0.25, 0.3) is 10.2 Å². The Morgan fingerprint density at radius 2 is 2.27 bits per heavy atom. The van der Waals surface area contributed by atoms with Crippen LogP contribution in [0.15, 0.2) is 54.2 Å². The normalized spacial score (nSPS) is 17.4. The number of aromatic nitrogens is 1. The first-order valence-corrected chi connectivity index (χ1v) is 7.89. The maximum absolute atomic E-state index is 13.4. The van der Waals surface area contributed by atoms with Gasteiger partial charge in [-0.1, -0.05) is 36.5 Å². The van der Waals surface area contributed by atoms with Gasteiger partial charge in [0.05, 0.1) is 10.2 Å². The smallest absolute Gasteiger partial charge is 0.257 e. The van der Waals surface area contributed by atoms with Crippen LogP contribution in [-0.2, 0) is 11.2 Å². The van der Waals surface area contributed by atoms with Crippen molar-refractivity contribution in [3.8, 4) is 0 Å². The minimum Gasteiger partial charge on any atom is -0.298 e. The van der Waals surface area contributed by atoms with Gasteiger partial charge in [-0.3, -0.25) is 10.1 Å². The lowest BCUT2D eigenvalue weighted by Crippen LogP contribution is -2.13. The summed E-state index contributed by atoms with van der Waals surface area (Å²) in [6.07, 6.45) is 7.21. The van der Waals surface area contributed by atoms with Crippen LogP contribution in [0.2, 0.25) is 0 Å². The molecule has 1 aromatic carbocycles. The molecule has 1 amide bonds. The number of carbonyl (C=O) groups excluding carboxylic acids is 1. The molecule has 5 heteroatoms. The van der Waals surface area contributed by atoms with Crippen molar-refractivity contribution in [2.24, 2.45) is 0 Å². The number of amides is 1. The van der Waals surface area contributed by atoms with E-state index in [9.17, 15) is 9.18 Å². The molecule has 0 spiro atoms. The number of nitrogens with zero attached hydrogens (tertiary/aromatic N) is 1. The van der Waals surface area contributed by atoms with E-state index in [0.717, 1.165) is 16.6 Å². The molecule has 0 radical (unpaired) electrons. The number of fused-ring (bicyclic) bond motifs is 1. The summed E-state index contributed by atoms with van der Waals surface area (Å²) < 4.78 is 14.5. The molecule has 1 heterocycles. The first-order chi connectivity index (χ1) is 10.7. The van der Waals surface area contributed by atoms with Crippen molar-refractivity contribution < 1.29 is 9.18 Å². The maximum atomic E-state index is 13.4. The van der Waals surface area contributed by atoms with Crippen LogP contribution in [0.3, 0.4) is 0 Å². The van der Waals surface area contributed by atoms with E-state index < -0.39 is 6.17 Å². The summed E-state index contributed by atoms with van der Waals surface area (Å²) in [5, 5.41) is 3.26. The number of halogens is 1. The van der Waals surface area contributed by atoms with Crippen molar-refractivity contribution in [2.75, 3.05) is 5.32 Å². The number of carbonyl (C=O) groups is 1. The highest BCUT2D eigenvalue weighted by Crippen LogP contribution is 2.27. The fourth-order valence-electron chi connectivity index (χ4n) is 2.18. The quantitative estimate of drug-likeness (QED) is 0.923. The van der Waals surface area contributed by atoms with Crippen molar-refractivity contribution in [3.05, 3.63) is 59.7 Å². The summed E-state index contributed by atoms with van der Waals surface area (Å²) in [7, 11) is 0. The highest BCUT2D eigenvalue weighted by atomic mass is 32.1. The Morgan fingerprint density at radius 3 is 3.09 bits per heavy atom. The Balaban J connectivity index is 1.82. The fraction of sp³-hybridized carbons (Fsp3) is 0.176. The van der Waals surface area contributed by atoms with Crippen LogP contribution in [0, 0.1) is 0 Å². The molecule has 112 valence electrons. The number of hydrogen-bond donors (Lipinski definition) is 1. The van der Waals surface area contributed by atoms with Crippen molar-refractivity contribution >= 4 is 32.6 Å². The second kappa shape index (κ2) is 6.23. The summed E-state index contributed by atoms with van der Waals surface area (Å²) in [4.78, 5) is 16.6. The molecule has 22 heavy (non-hydrogen) atoms. The predicted molar refractivity (Wildman–Crippen MR) is 88.9 cm³/mol. The first kappa shape index (κ1) is 14.7. The van der Waals surface area contributed by atoms with E-state index in [0.29, 0.717) is 10.7 Å². The highest BCUT2D eigenvalue weighted by molar-refractivity contribution is 7.22. The van der Waals surface area contributed by atoms with Gasteiger partial charge in [0.2, 0.25) is 0 Å². The number of anilines is 1. The number of allylic oxidation sites excluding steroid dienone is 4. The van der Waals surface area contributed by atoms with E-state index in [1.165, 1.54) is 29.1 Å². The summed E-state index contributed by atoms with van der Waals surface area (Å²) >= 11 is 1.42. The van der Waals surface area contributed by atoms with E-state index in [2.05, 4.69) is 23.3 Å². The summed E-state index contributed by atoms with van der Waals surface area (Å²) in [6.45, 7) is 2.09. The van der Waals surface area contributed by atoms with Gasteiger partial charge >= 0.3 is 0 Å². The van der Waals surface area contributed by atoms with Gasteiger partial charge in [0.15, 0.2) is 5.13 Å². The molecule has 3 rings (SSSR count). The van der Waals surface area contributed by atoms with E-state index in [1.807, 2.05) is 12.1 Å². The van der Waals surface area contributed by atoms with Gasteiger partial charge in [0.1, 0.15) is 6.17 Å². The third-order valence-corrected chi connectivity index (χ3v) is 4.30. The van der Waals surface area contributed by atoms with Crippen molar-refractivity contribution in [2.45, 2.75) is 19.5 Å². The molecule has 0 fully saturated rings. The van der Waals surface area contributed by atoms with Crippen LogP contribution in [0.5, 0.6) is 0 Å². The molecule has 0 bridgehead atoms. The second-order valence-corrected chi connectivity index (χ2v) is 5.97. The second-order valence-electron chi connectivity index (χ2n) is 4.94. The molecule has 1 N–H and O–H groups in total. The predicted octanol–water partition coefficient (Wildman–Crippen LogP) is 4.19. The van der Waals surface area contributed by atoms with Gasteiger partial charge < -0.3 is 0 Å². The topological polar surface area (TPSA) is 42.0 Å². The van der Waals surface area contributed by atoms with Crippen molar-refractivity contribution in [1.29, 1.82) is 0 Å². The van der Waals surface area contributed by atoms with Crippen LogP contribution < -0.4 is 5.32 Å². The van der Waals surface area contributed by atoms with Crippen LogP contribution in [0.4, 0.5) is 9.52 Å². The van der Waals surface area contributed by atoms with Gasteiger partial charge in [0.25, 0.3) is 5.91 Å². The highest BCUT2D eigenvalue weighted by Gasteiger charge is 2.13. The molecule has 1 atom stereocenters. The number of thiazole rings is 1. The number of rotatable bonds is 3. The van der Waals surface area contributed by atoms with E-state index >= 15 is 0 Å². The zero-order valence-electron chi connectivity index (χ0n) is 12.0. The molecule has 0 saturated carbocycles. The Bertz CT molecular complexity index is 804. The monoisotopic (exact) mass is 314 g/mol. The van der Waals surface area contributed by atoms with Gasteiger partial charge in [-0.25, -0.2) is 9.37 Å². The summed E-state index contributed by atoms with van der Waals surface area (Å²) in [6, 6.07) is 6.06. The number of benzene rings is 1. The molecule has 1 aliphatic carbocycles. The molecule has 0 aliphatic heterocycles. The number of alkyl halides is 1. The SMILES string of the molecule is CCc1ccc2nc(NC(=O)C3=CC(F)C=CC=C3)sc2c1. The molecule has 0 saturated heterocycles. The Kier molecular flexibility index (Phi) is 4.15. The number of nitrogens with one attached hydrogen (secondary N) is 1. The summed E-state index contributed by atoms with van der Waals surface area (Å²) in [5.74, 6) is -0.350. The zero-order chi connectivity index (χ0) is 15.5. The molecular weight excluding hydrogens is 299 g/mol. The molecular formula is C17H15FN2OS. The van der Waals surface area contributed by atoms with E-state index in [1.54, 1.807) is 18.2 Å². The first-order valence-electron chi connectivity index (χ1n) is 7.07. The average molecular weight is 314 g/mol. The Morgan fingerprint density at radius 1 is 1.41 bits per heavy atom. The fourth-order valence-corrected chi connectivity index (χ4v) is 3.10. The van der Waals surface area contributed by atoms with Gasteiger partial charge in [-0.2, -0.15) is 0 Å². The van der Waals surface area contributed by atoms with E-state index in [4.69, 9.17) is 0 Å². The largest absolute Gasteiger partial charge is 0.298 e. The Hall–Kier alpha value is -2.27. The average Bonchev–Trinajstić information content (AvgIpc) is 2.77. The van der Waals surface area contributed by atoms with Crippen LogP contribution in [0.1, 0.15) is 12.5 Å². The van der Waals surface area contributed by atoms with Gasteiger partial charge in [0, 0.05) is 5.57 Å². The number of aryl methyl sites for hydroxylation is 1. The van der Waals surface area contributed by atoms with Gasteiger partial charge in [-0.05, 0) is 42.3 Å². The molecule has 1 unspecified atom stereocenters. The van der Waals surface area contributed by atoms with Crippen molar-refractivity contribution in [3.63, 3.8) is 0 Å². The standard InChI is InChI=1S/C17H15FN2OS/c1-2-11-7-8-14-15(9-11)22-17(19-14)20-16(21)12-5-3-4-6-13(18)10-12/h3-10,13H,2H2,1H3,(H,19,20,21). The molecule has 3 nitrogen and oxygen atoms in total. The van der Waals surface area contributed by atoms with Gasteiger partial charge in [-0.15, -0.1) is 0 Å². The maximum Gasteiger partial charge on any atom is 0.257 e. The lowest BCUT2D eigenvalue weighted by Gasteiger charge is -2.02. The minimum atomic E-state index is -1.25. The lowest BCUT2D eigenvalue weighted by atomic mass is 10.2.